The molecule has 0 bridgehead atoms. The van der Waals surface area contributed by atoms with Crippen molar-refractivity contribution in [2.75, 3.05) is 18.3 Å². The second-order valence-corrected chi connectivity index (χ2v) is 2.80. The molecular weight excluding hydrogens is 233 g/mol. The maximum atomic E-state index is 13.1. The van der Waals surface area contributed by atoms with Crippen molar-refractivity contribution in [1.82, 2.24) is 0 Å². The molecule has 0 aromatic heterocycles. The highest BCUT2D eigenvalue weighted by atomic mass is 35.5. The van der Waals surface area contributed by atoms with Crippen LogP contribution in [0.15, 0.2) is 18.2 Å². The number of anilines is 1. The Morgan fingerprint density at radius 1 is 1.50 bits per heavy atom. The molecule has 0 fully saturated rings. The molecule has 0 radical (unpaired) electrons. The molecule has 0 aliphatic carbocycles. The Morgan fingerprint density at radius 2 is 2.12 bits per heavy atom. The van der Waals surface area contributed by atoms with Crippen molar-refractivity contribution in [1.29, 1.82) is 0 Å². The van der Waals surface area contributed by atoms with Gasteiger partial charge < -0.3 is 10.1 Å². The number of rotatable bonds is 3. The van der Waals surface area contributed by atoms with Crippen molar-refractivity contribution in [2.24, 2.45) is 0 Å². The maximum Gasteiger partial charge on any atom is 0.239 e. The minimum Gasteiger partial charge on any atom is -0.494 e. The number of benzene rings is 1. The highest BCUT2D eigenvalue weighted by molar-refractivity contribution is 6.29. The number of carbonyl (C=O) groups is 1. The summed E-state index contributed by atoms with van der Waals surface area (Å²) in [6.07, 6.45) is 0. The van der Waals surface area contributed by atoms with E-state index in [1.54, 1.807) is 0 Å². The van der Waals surface area contributed by atoms with Crippen molar-refractivity contribution >= 4 is 23.2 Å². The molecular formula is C11H15ClFNO2. The third kappa shape index (κ3) is 4.49. The van der Waals surface area contributed by atoms with E-state index in [1.807, 2.05) is 13.8 Å². The molecule has 0 spiro atoms. The van der Waals surface area contributed by atoms with E-state index < -0.39 is 5.82 Å². The fraction of sp³-hybridized carbons (Fsp3) is 0.364. The Hall–Kier alpha value is -1.29. The van der Waals surface area contributed by atoms with Gasteiger partial charge in [0.2, 0.25) is 5.91 Å². The van der Waals surface area contributed by atoms with Gasteiger partial charge in [0, 0.05) is 11.8 Å². The molecule has 5 heteroatoms. The van der Waals surface area contributed by atoms with Crippen LogP contribution in [0.3, 0.4) is 0 Å². The topological polar surface area (TPSA) is 38.3 Å². The van der Waals surface area contributed by atoms with Crippen molar-refractivity contribution < 1.29 is 13.9 Å². The third-order valence-corrected chi connectivity index (χ3v) is 1.80. The second-order valence-electron chi connectivity index (χ2n) is 2.53. The first-order valence-electron chi connectivity index (χ1n) is 4.86. The van der Waals surface area contributed by atoms with Crippen LogP contribution in [0.1, 0.15) is 13.8 Å². The average molecular weight is 248 g/mol. The van der Waals surface area contributed by atoms with Crippen LogP contribution in [0.2, 0.25) is 0 Å². The minimum atomic E-state index is -0.528. The van der Waals surface area contributed by atoms with Crippen LogP contribution in [-0.2, 0) is 4.79 Å². The molecule has 0 saturated carbocycles. The lowest BCUT2D eigenvalue weighted by Gasteiger charge is -2.05. The maximum absolute atomic E-state index is 13.1. The van der Waals surface area contributed by atoms with E-state index in [0.717, 1.165) is 0 Å². The SMILES string of the molecule is CC.COc1ccc(NC(=O)CCl)cc1F. The summed E-state index contributed by atoms with van der Waals surface area (Å²) in [5, 5.41) is 2.42. The predicted molar refractivity (Wildman–Crippen MR) is 63.6 cm³/mol. The predicted octanol–water partition coefficient (Wildman–Crippen LogP) is 3.04. The summed E-state index contributed by atoms with van der Waals surface area (Å²) in [4.78, 5) is 10.9. The minimum absolute atomic E-state index is 0.133. The van der Waals surface area contributed by atoms with Gasteiger partial charge in [-0.25, -0.2) is 4.39 Å². The molecule has 3 nitrogen and oxygen atoms in total. The largest absolute Gasteiger partial charge is 0.494 e. The molecule has 0 saturated heterocycles. The van der Waals surface area contributed by atoms with E-state index in [9.17, 15) is 9.18 Å². The van der Waals surface area contributed by atoms with Crippen LogP contribution in [0.4, 0.5) is 10.1 Å². The fourth-order valence-corrected chi connectivity index (χ4v) is 1.01. The van der Waals surface area contributed by atoms with E-state index in [2.05, 4.69) is 5.32 Å². The molecule has 1 rings (SSSR count). The van der Waals surface area contributed by atoms with Crippen LogP contribution in [-0.4, -0.2) is 18.9 Å². The van der Waals surface area contributed by atoms with Gasteiger partial charge in [0.05, 0.1) is 7.11 Å². The lowest BCUT2D eigenvalue weighted by Crippen LogP contribution is -2.12. The molecule has 90 valence electrons. The number of methoxy groups -OCH3 is 1. The van der Waals surface area contributed by atoms with Gasteiger partial charge in [0.15, 0.2) is 11.6 Å². The molecule has 1 N–H and O–H groups in total. The summed E-state index contributed by atoms with van der Waals surface area (Å²) in [6, 6.07) is 4.13. The highest BCUT2D eigenvalue weighted by Gasteiger charge is 2.05. The first-order chi connectivity index (χ1) is 7.67. The van der Waals surface area contributed by atoms with Crippen molar-refractivity contribution in [3.05, 3.63) is 24.0 Å². The number of nitrogens with one attached hydrogen (secondary N) is 1. The zero-order valence-corrected chi connectivity index (χ0v) is 10.3. The molecule has 0 unspecified atom stereocenters. The zero-order valence-electron chi connectivity index (χ0n) is 9.51. The number of carbonyl (C=O) groups excluding carboxylic acids is 1. The van der Waals surface area contributed by atoms with Crippen molar-refractivity contribution in [2.45, 2.75) is 13.8 Å². The number of alkyl halides is 1. The summed E-state index contributed by atoms with van der Waals surface area (Å²) in [5.74, 6) is -0.932. The molecule has 0 aliphatic rings. The number of hydrogen-bond acceptors (Lipinski definition) is 2. The van der Waals surface area contributed by atoms with Crippen molar-refractivity contribution in [3.8, 4) is 5.75 Å². The summed E-state index contributed by atoms with van der Waals surface area (Å²) in [7, 11) is 1.37. The Morgan fingerprint density at radius 3 is 2.56 bits per heavy atom. The number of hydrogen-bond donors (Lipinski definition) is 1. The molecule has 0 heterocycles. The number of halogens is 2. The van der Waals surface area contributed by atoms with E-state index in [-0.39, 0.29) is 17.5 Å². The van der Waals surface area contributed by atoms with E-state index in [0.29, 0.717) is 5.69 Å². The Balaban J connectivity index is 0.00000106. The average Bonchev–Trinajstić information content (AvgIpc) is 2.32. The first kappa shape index (κ1) is 14.7. The quantitative estimate of drug-likeness (QED) is 0.834. The molecule has 1 aromatic rings. The molecule has 0 aliphatic heterocycles. The van der Waals surface area contributed by atoms with Gasteiger partial charge in [-0.3, -0.25) is 4.79 Å². The summed E-state index contributed by atoms with van der Waals surface area (Å²) in [5.41, 5.74) is 0.356. The third-order valence-electron chi connectivity index (χ3n) is 1.56. The number of ether oxygens (including phenoxy) is 1. The second kappa shape index (κ2) is 7.93. The van der Waals surface area contributed by atoms with Gasteiger partial charge in [-0.15, -0.1) is 11.6 Å². The van der Waals surface area contributed by atoms with Gasteiger partial charge in [-0.1, -0.05) is 13.8 Å². The van der Waals surface area contributed by atoms with E-state index in [4.69, 9.17) is 16.3 Å². The van der Waals surface area contributed by atoms with Crippen LogP contribution in [0.5, 0.6) is 5.75 Å². The lowest BCUT2D eigenvalue weighted by atomic mass is 10.3. The van der Waals surface area contributed by atoms with Crippen LogP contribution in [0, 0.1) is 5.82 Å². The van der Waals surface area contributed by atoms with Crippen LogP contribution < -0.4 is 10.1 Å². The van der Waals surface area contributed by atoms with Crippen LogP contribution in [0.25, 0.3) is 0 Å². The lowest BCUT2D eigenvalue weighted by molar-refractivity contribution is -0.113. The van der Waals surface area contributed by atoms with Crippen LogP contribution >= 0.6 is 11.6 Å². The van der Waals surface area contributed by atoms with E-state index in [1.165, 1.54) is 25.3 Å². The monoisotopic (exact) mass is 247 g/mol. The Bertz CT molecular complexity index is 345. The van der Waals surface area contributed by atoms with Gasteiger partial charge in [-0.2, -0.15) is 0 Å². The smallest absolute Gasteiger partial charge is 0.239 e. The van der Waals surface area contributed by atoms with Gasteiger partial charge in [0.25, 0.3) is 0 Å². The molecule has 1 aromatic carbocycles. The normalized spacial score (nSPS) is 8.81. The summed E-state index contributed by atoms with van der Waals surface area (Å²) in [6.45, 7) is 4.00. The molecule has 0 atom stereocenters. The summed E-state index contributed by atoms with van der Waals surface area (Å²) < 4.78 is 17.8. The molecule has 1 amide bonds. The Labute approximate surface area is 99.6 Å². The number of amides is 1. The standard InChI is InChI=1S/C9H9ClFNO2.C2H6/c1-14-8-3-2-6(4-7(8)11)12-9(13)5-10;1-2/h2-4H,5H2,1H3,(H,12,13);1-2H3. The van der Waals surface area contributed by atoms with Crippen molar-refractivity contribution in [3.63, 3.8) is 0 Å². The zero-order chi connectivity index (χ0) is 12.6. The first-order valence-corrected chi connectivity index (χ1v) is 5.40. The van der Waals surface area contributed by atoms with Gasteiger partial charge in [-0.05, 0) is 12.1 Å². The van der Waals surface area contributed by atoms with Gasteiger partial charge in [0.1, 0.15) is 5.88 Å². The fourth-order valence-electron chi connectivity index (χ4n) is 0.939. The highest BCUT2D eigenvalue weighted by Crippen LogP contribution is 2.20. The Kier molecular flexibility index (Phi) is 7.29. The molecule has 16 heavy (non-hydrogen) atoms. The van der Waals surface area contributed by atoms with E-state index >= 15 is 0 Å². The summed E-state index contributed by atoms with van der Waals surface area (Å²) >= 11 is 5.27. The van der Waals surface area contributed by atoms with Gasteiger partial charge >= 0.3 is 0 Å².